The number of pyridine rings is 1. The van der Waals surface area contributed by atoms with Gasteiger partial charge >= 0.3 is 0 Å². The molecule has 1 N–H and O–H groups in total. The van der Waals surface area contributed by atoms with Crippen molar-refractivity contribution >= 4 is 5.91 Å². The van der Waals surface area contributed by atoms with E-state index in [-0.39, 0.29) is 18.1 Å². The second-order valence-corrected chi connectivity index (χ2v) is 6.25. The van der Waals surface area contributed by atoms with Crippen molar-refractivity contribution in [2.45, 2.75) is 50.5 Å². The van der Waals surface area contributed by atoms with Gasteiger partial charge in [0, 0.05) is 26.2 Å². The van der Waals surface area contributed by atoms with Gasteiger partial charge in [0.1, 0.15) is 30.6 Å². The van der Waals surface area contributed by atoms with Gasteiger partial charge in [-0.1, -0.05) is 0 Å². The van der Waals surface area contributed by atoms with Gasteiger partial charge in [-0.15, -0.1) is 0 Å². The number of likely N-dealkylation sites (N-methyl/N-ethyl adjacent to an activating group) is 1. The lowest BCUT2D eigenvalue weighted by atomic mass is 10.1. The van der Waals surface area contributed by atoms with Crippen LogP contribution in [-0.2, 0) is 11.3 Å². The van der Waals surface area contributed by atoms with E-state index in [0.717, 1.165) is 6.42 Å². The third-order valence-electron chi connectivity index (χ3n) is 4.58. The van der Waals surface area contributed by atoms with Crippen LogP contribution in [0, 0.1) is 0 Å². The van der Waals surface area contributed by atoms with Crippen molar-refractivity contribution in [3.05, 3.63) is 37.2 Å². The van der Waals surface area contributed by atoms with Crippen molar-refractivity contribution in [2.75, 3.05) is 7.05 Å². The molecule has 1 fully saturated rings. The predicted octanol–water partition coefficient (Wildman–Crippen LogP) is 0.883. The molecule has 2 heterocycles. The molecule has 134 valence electrons. The fraction of sp³-hybridized carbons (Fsp3) is 0.529. The van der Waals surface area contributed by atoms with Crippen LogP contribution in [0.3, 0.4) is 0 Å². The number of carbonyl (C=O) groups is 1. The largest absolute Gasteiger partial charge is 0.486 e. The summed E-state index contributed by atoms with van der Waals surface area (Å²) in [6, 6.07) is 3.38. The van der Waals surface area contributed by atoms with Gasteiger partial charge in [-0.25, -0.2) is 4.98 Å². The molecular weight excluding hydrogens is 322 g/mol. The Kier molecular flexibility index (Phi) is 5.60. The van der Waals surface area contributed by atoms with Crippen molar-refractivity contribution in [3.8, 4) is 5.75 Å². The molecule has 1 amide bonds. The summed E-state index contributed by atoms with van der Waals surface area (Å²) in [5.41, 5.74) is 0. The predicted molar refractivity (Wildman–Crippen MR) is 89.7 cm³/mol. The normalized spacial score (nSPS) is 22.7. The molecule has 0 aromatic carbocycles. The molecule has 25 heavy (non-hydrogen) atoms. The van der Waals surface area contributed by atoms with Gasteiger partial charge in [0.15, 0.2) is 0 Å². The van der Waals surface area contributed by atoms with E-state index in [1.54, 1.807) is 41.4 Å². The fourth-order valence-electron chi connectivity index (χ4n) is 3.17. The van der Waals surface area contributed by atoms with E-state index < -0.39 is 6.10 Å². The zero-order chi connectivity index (χ0) is 17.6. The molecule has 3 rings (SSSR count). The summed E-state index contributed by atoms with van der Waals surface area (Å²) in [5.74, 6) is 0.653. The molecule has 2 aromatic rings. The average Bonchev–Trinajstić information content (AvgIpc) is 3.26. The van der Waals surface area contributed by atoms with Crippen LogP contribution in [0.2, 0.25) is 0 Å². The first-order valence-electron chi connectivity index (χ1n) is 8.48. The second kappa shape index (κ2) is 8.06. The van der Waals surface area contributed by atoms with Crippen LogP contribution in [-0.4, -0.2) is 61.0 Å². The molecule has 0 unspecified atom stereocenters. The molecule has 8 nitrogen and oxygen atoms in total. The lowest BCUT2D eigenvalue weighted by Crippen LogP contribution is -2.45. The third kappa shape index (κ3) is 4.33. The number of hydrogen-bond donors (Lipinski definition) is 1. The number of aromatic nitrogens is 4. The molecule has 2 aromatic heterocycles. The van der Waals surface area contributed by atoms with Crippen molar-refractivity contribution in [1.82, 2.24) is 24.6 Å². The van der Waals surface area contributed by atoms with Gasteiger partial charge in [0.2, 0.25) is 5.91 Å². The van der Waals surface area contributed by atoms with E-state index in [9.17, 15) is 9.90 Å². The van der Waals surface area contributed by atoms with Crippen LogP contribution < -0.4 is 4.74 Å². The van der Waals surface area contributed by atoms with Gasteiger partial charge in [0.05, 0.1) is 12.2 Å². The number of aliphatic hydroxyl groups excluding tert-OH is 1. The number of nitrogens with zero attached hydrogens (tertiary/aromatic N) is 5. The monoisotopic (exact) mass is 345 g/mol. The maximum Gasteiger partial charge on any atom is 0.222 e. The molecule has 3 atom stereocenters. The molecule has 1 aliphatic carbocycles. The molecule has 0 aliphatic heterocycles. The quantitative estimate of drug-likeness (QED) is 0.801. The van der Waals surface area contributed by atoms with E-state index >= 15 is 0 Å². The first-order chi connectivity index (χ1) is 12.1. The minimum absolute atomic E-state index is 0.0196. The first kappa shape index (κ1) is 17.3. The maximum atomic E-state index is 12.4. The molecule has 8 heteroatoms. The van der Waals surface area contributed by atoms with E-state index in [1.165, 1.54) is 6.33 Å². The molecule has 1 saturated carbocycles. The molecule has 0 radical (unpaired) electrons. The number of ether oxygens (including phenoxy) is 1. The van der Waals surface area contributed by atoms with E-state index in [4.69, 9.17) is 4.74 Å². The van der Waals surface area contributed by atoms with Crippen molar-refractivity contribution in [1.29, 1.82) is 0 Å². The lowest BCUT2D eigenvalue weighted by Gasteiger charge is -2.28. The Bertz CT molecular complexity index is 664. The topological polar surface area (TPSA) is 93.4 Å². The van der Waals surface area contributed by atoms with Crippen LogP contribution >= 0.6 is 0 Å². The van der Waals surface area contributed by atoms with Gasteiger partial charge in [-0.2, -0.15) is 5.10 Å². The highest BCUT2D eigenvalue weighted by atomic mass is 16.5. The van der Waals surface area contributed by atoms with E-state index in [1.807, 2.05) is 6.07 Å². The van der Waals surface area contributed by atoms with Crippen LogP contribution in [0.1, 0.15) is 25.7 Å². The highest BCUT2D eigenvalue weighted by Crippen LogP contribution is 2.28. The Labute approximate surface area is 146 Å². The van der Waals surface area contributed by atoms with Crippen LogP contribution in [0.5, 0.6) is 5.75 Å². The maximum absolute atomic E-state index is 12.4. The Morgan fingerprint density at radius 3 is 3.04 bits per heavy atom. The summed E-state index contributed by atoms with van der Waals surface area (Å²) in [7, 11) is 1.75. The molecule has 0 spiro atoms. The molecule has 0 bridgehead atoms. The minimum atomic E-state index is -0.704. The fourth-order valence-corrected chi connectivity index (χ4v) is 3.17. The number of amides is 1. The van der Waals surface area contributed by atoms with Crippen molar-refractivity contribution in [2.24, 2.45) is 0 Å². The highest BCUT2D eigenvalue weighted by molar-refractivity contribution is 5.76. The van der Waals surface area contributed by atoms with Gasteiger partial charge in [0.25, 0.3) is 0 Å². The van der Waals surface area contributed by atoms with Crippen molar-refractivity contribution < 1.29 is 14.6 Å². The SMILES string of the molecule is CN(C(=O)CCCn1cncn1)[C@@H]1CC[C@@H](Oc2cccnc2)[C@@H]1O. The van der Waals surface area contributed by atoms with E-state index in [2.05, 4.69) is 15.1 Å². The van der Waals surface area contributed by atoms with Gasteiger partial charge < -0.3 is 14.7 Å². The smallest absolute Gasteiger partial charge is 0.222 e. The van der Waals surface area contributed by atoms with Gasteiger partial charge in [-0.05, 0) is 31.4 Å². The zero-order valence-electron chi connectivity index (χ0n) is 14.2. The van der Waals surface area contributed by atoms with Crippen LogP contribution in [0.4, 0.5) is 0 Å². The Balaban J connectivity index is 1.48. The van der Waals surface area contributed by atoms with Gasteiger partial charge in [-0.3, -0.25) is 14.5 Å². The number of aliphatic hydroxyl groups is 1. The van der Waals surface area contributed by atoms with Crippen LogP contribution in [0.15, 0.2) is 37.2 Å². The minimum Gasteiger partial charge on any atom is -0.486 e. The Morgan fingerprint density at radius 1 is 1.44 bits per heavy atom. The summed E-state index contributed by atoms with van der Waals surface area (Å²) in [4.78, 5) is 21.9. The summed E-state index contributed by atoms with van der Waals surface area (Å²) in [5, 5.41) is 14.6. The number of rotatable bonds is 7. The zero-order valence-corrected chi connectivity index (χ0v) is 14.2. The van der Waals surface area contributed by atoms with E-state index in [0.29, 0.717) is 31.6 Å². The molecule has 1 aliphatic rings. The number of hydrogen-bond acceptors (Lipinski definition) is 6. The number of aryl methyl sites for hydroxylation is 1. The first-order valence-corrected chi connectivity index (χ1v) is 8.48. The Morgan fingerprint density at radius 2 is 2.32 bits per heavy atom. The lowest BCUT2D eigenvalue weighted by molar-refractivity contribution is -0.134. The summed E-state index contributed by atoms with van der Waals surface area (Å²) < 4.78 is 7.51. The van der Waals surface area contributed by atoms with Crippen molar-refractivity contribution in [3.63, 3.8) is 0 Å². The average molecular weight is 345 g/mol. The summed E-state index contributed by atoms with van der Waals surface area (Å²) in [6.07, 6.45) is 7.91. The summed E-state index contributed by atoms with van der Waals surface area (Å²) >= 11 is 0. The third-order valence-corrected chi connectivity index (χ3v) is 4.58. The number of carbonyl (C=O) groups excluding carboxylic acids is 1. The highest BCUT2D eigenvalue weighted by Gasteiger charge is 2.40. The Hall–Kier alpha value is -2.48. The standard InChI is InChI=1S/C17H23N5O3/c1-21(16(23)5-3-9-22-12-19-11-20-22)14-6-7-15(17(14)24)25-13-4-2-8-18-10-13/h2,4,8,10-12,14-15,17,24H,3,5-7,9H2,1H3/t14-,15-,17-/m1/s1. The molecule has 0 saturated heterocycles. The van der Waals surface area contributed by atoms with Crippen LogP contribution in [0.25, 0.3) is 0 Å². The summed E-state index contributed by atoms with van der Waals surface area (Å²) in [6.45, 7) is 0.652. The molecular formula is C17H23N5O3. The second-order valence-electron chi connectivity index (χ2n) is 6.25.